The average Bonchev–Trinajstić information content (AvgIpc) is 2.85. The highest BCUT2D eigenvalue weighted by Crippen LogP contribution is 1.99. The smallest absolute Gasteiger partial charge is 0.296 e. The van der Waals surface area contributed by atoms with Crippen molar-refractivity contribution < 1.29 is 9.84 Å². The van der Waals surface area contributed by atoms with Crippen LogP contribution in [-0.2, 0) is 19.6 Å². The van der Waals surface area contributed by atoms with Crippen LogP contribution in [0.5, 0.6) is 6.01 Å². The Kier molecular flexibility index (Phi) is 3.68. The van der Waals surface area contributed by atoms with Crippen molar-refractivity contribution in [3.05, 3.63) is 34.0 Å². The Morgan fingerprint density at radius 2 is 2.39 bits per heavy atom. The summed E-state index contributed by atoms with van der Waals surface area (Å²) in [6, 6.07) is 0.187. The molecule has 0 bridgehead atoms. The van der Waals surface area contributed by atoms with Gasteiger partial charge in [0.1, 0.15) is 5.69 Å². The summed E-state index contributed by atoms with van der Waals surface area (Å²) in [5.74, 6) is 0. The van der Waals surface area contributed by atoms with Crippen LogP contribution >= 0.6 is 0 Å². The number of hydrogen-bond acceptors (Lipinski definition) is 6. The Morgan fingerprint density at radius 1 is 1.56 bits per heavy atom. The predicted octanol–water partition coefficient (Wildman–Crippen LogP) is -0.895. The lowest BCUT2D eigenvalue weighted by Crippen LogP contribution is -2.16. The van der Waals surface area contributed by atoms with Crippen LogP contribution < -0.4 is 10.3 Å². The molecular formula is C10H13N5O3. The molecule has 0 radical (unpaired) electrons. The second-order valence-electron chi connectivity index (χ2n) is 3.63. The van der Waals surface area contributed by atoms with Gasteiger partial charge in [-0.3, -0.25) is 14.5 Å². The molecule has 96 valence electrons. The quantitative estimate of drug-likeness (QED) is 0.713. The Labute approximate surface area is 102 Å². The minimum Gasteiger partial charge on any atom is -0.468 e. The molecule has 2 aromatic rings. The highest BCUT2D eigenvalue weighted by Gasteiger charge is 2.04. The molecule has 0 aromatic carbocycles. The van der Waals surface area contributed by atoms with E-state index >= 15 is 0 Å². The summed E-state index contributed by atoms with van der Waals surface area (Å²) in [6.07, 6.45) is 3.58. The van der Waals surface area contributed by atoms with E-state index in [0.29, 0.717) is 24.2 Å². The summed E-state index contributed by atoms with van der Waals surface area (Å²) in [7, 11) is 1.43. The van der Waals surface area contributed by atoms with Gasteiger partial charge in [-0.05, 0) is 6.42 Å². The minimum absolute atomic E-state index is 0.148. The van der Waals surface area contributed by atoms with Crippen molar-refractivity contribution in [2.45, 2.75) is 19.6 Å². The van der Waals surface area contributed by atoms with Gasteiger partial charge in [-0.15, -0.1) is 5.10 Å². The maximum absolute atomic E-state index is 11.6. The monoisotopic (exact) mass is 251 g/mol. The molecule has 0 atom stereocenters. The van der Waals surface area contributed by atoms with Crippen molar-refractivity contribution in [3.8, 4) is 6.01 Å². The van der Waals surface area contributed by atoms with Crippen LogP contribution in [0.25, 0.3) is 0 Å². The number of ether oxygens (including phenoxy) is 1. The number of rotatable bonds is 5. The van der Waals surface area contributed by atoms with Crippen molar-refractivity contribution >= 4 is 0 Å². The lowest BCUT2D eigenvalue weighted by Gasteiger charge is -2.01. The Morgan fingerprint density at radius 3 is 3.00 bits per heavy atom. The van der Waals surface area contributed by atoms with Gasteiger partial charge < -0.3 is 9.84 Å². The molecule has 2 rings (SSSR count). The molecule has 18 heavy (non-hydrogen) atoms. The number of methoxy groups -OCH3 is 1. The van der Waals surface area contributed by atoms with E-state index in [1.54, 1.807) is 10.9 Å². The number of aromatic amines is 1. The first-order valence-electron chi connectivity index (χ1n) is 5.35. The fraction of sp³-hybridized carbons (Fsp3) is 0.400. The van der Waals surface area contributed by atoms with E-state index in [-0.39, 0.29) is 18.2 Å². The van der Waals surface area contributed by atoms with Crippen LogP contribution in [-0.4, -0.2) is 37.2 Å². The fourth-order valence-electron chi connectivity index (χ4n) is 1.44. The largest absolute Gasteiger partial charge is 0.468 e. The Hall–Kier alpha value is -2.22. The van der Waals surface area contributed by atoms with E-state index in [2.05, 4.69) is 20.3 Å². The summed E-state index contributed by atoms with van der Waals surface area (Å²) in [5.41, 5.74) is 0.804. The third-order valence-electron chi connectivity index (χ3n) is 2.40. The lowest BCUT2D eigenvalue weighted by atomic mass is 10.2. The number of aliphatic hydroxyl groups is 1. The molecule has 0 aliphatic carbocycles. The van der Waals surface area contributed by atoms with E-state index in [9.17, 15) is 4.79 Å². The van der Waals surface area contributed by atoms with E-state index < -0.39 is 0 Å². The van der Waals surface area contributed by atoms with Crippen molar-refractivity contribution in [1.82, 2.24) is 25.0 Å². The van der Waals surface area contributed by atoms with Crippen molar-refractivity contribution in [2.24, 2.45) is 0 Å². The first kappa shape index (κ1) is 12.2. The molecule has 2 aromatic heterocycles. The molecule has 2 heterocycles. The van der Waals surface area contributed by atoms with Gasteiger partial charge in [-0.1, -0.05) is 5.21 Å². The van der Waals surface area contributed by atoms with Gasteiger partial charge in [0.25, 0.3) is 11.6 Å². The summed E-state index contributed by atoms with van der Waals surface area (Å²) < 4.78 is 6.37. The summed E-state index contributed by atoms with van der Waals surface area (Å²) >= 11 is 0. The van der Waals surface area contributed by atoms with Crippen LogP contribution in [0.4, 0.5) is 0 Å². The molecule has 0 fully saturated rings. The molecule has 8 nitrogen and oxygen atoms in total. The standard InChI is InChI=1S/C10H13N5O3/c1-18-10-11-4-7(9(17)12-10)2-3-15-5-8(6-16)13-14-15/h4-5,16H,2-3,6H2,1H3,(H,11,12,17). The molecule has 0 spiro atoms. The van der Waals surface area contributed by atoms with Crippen molar-refractivity contribution in [3.63, 3.8) is 0 Å². The second-order valence-corrected chi connectivity index (χ2v) is 3.63. The van der Waals surface area contributed by atoms with Gasteiger partial charge in [0, 0.05) is 18.3 Å². The summed E-state index contributed by atoms with van der Waals surface area (Å²) in [6.45, 7) is 0.342. The first-order chi connectivity index (χ1) is 8.72. The molecule has 0 aliphatic heterocycles. The summed E-state index contributed by atoms with van der Waals surface area (Å²) in [5, 5.41) is 16.4. The van der Waals surface area contributed by atoms with Crippen LogP contribution in [0.1, 0.15) is 11.3 Å². The third kappa shape index (κ3) is 2.72. The molecule has 0 amide bonds. The van der Waals surface area contributed by atoms with E-state index in [1.807, 2.05) is 0 Å². The maximum Gasteiger partial charge on any atom is 0.296 e. The van der Waals surface area contributed by atoms with E-state index in [4.69, 9.17) is 9.84 Å². The molecule has 2 N–H and O–H groups in total. The van der Waals surface area contributed by atoms with Gasteiger partial charge in [0.2, 0.25) is 0 Å². The maximum atomic E-state index is 11.6. The number of nitrogens with one attached hydrogen (secondary N) is 1. The predicted molar refractivity (Wildman–Crippen MR) is 61.1 cm³/mol. The number of aromatic nitrogens is 5. The number of aliphatic hydroxyl groups excluding tert-OH is 1. The summed E-state index contributed by atoms with van der Waals surface area (Å²) in [4.78, 5) is 18.1. The fourth-order valence-corrected chi connectivity index (χ4v) is 1.44. The van der Waals surface area contributed by atoms with Gasteiger partial charge in [-0.25, -0.2) is 4.98 Å². The third-order valence-corrected chi connectivity index (χ3v) is 2.40. The van der Waals surface area contributed by atoms with E-state index in [0.717, 1.165) is 0 Å². The number of aryl methyl sites for hydroxylation is 2. The zero-order valence-electron chi connectivity index (χ0n) is 9.83. The topological polar surface area (TPSA) is 106 Å². The Bertz CT molecular complexity index is 577. The zero-order valence-corrected chi connectivity index (χ0v) is 9.83. The second kappa shape index (κ2) is 5.41. The molecule has 8 heteroatoms. The normalized spacial score (nSPS) is 10.6. The molecule has 0 saturated carbocycles. The number of H-pyrrole nitrogens is 1. The highest BCUT2D eigenvalue weighted by atomic mass is 16.5. The van der Waals surface area contributed by atoms with Crippen LogP contribution in [0.15, 0.2) is 17.2 Å². The van der Waals surface area contributed by atoms with Crippen LogP contribution in [0, 0.1) is 0 Å². The first-order valence-corrected chi connectivity index (χ1v) is 5.35. The number of hydrogen-bond donors (Lipinski definition) is 2. The van der Waals surface area contributed by atoms with Crippen molar-refractivity contribution in [2.75, 3.05) is 7.11 Å². The van der Waals surface area contributed by atoms with Gasteiger partial charge >= 0.3 is 0 Å². The molecule has 0 saturated heterocycles. The average molecular weight is 251 g/mol. The highest BCUT2D eigenvalue weighted by molar-refractivity contribution is 5.08. The SMILES string of the molecule is COc1ncc(CCn2cc(CO)nn2)c(=O)[nH]1. The van der Waals surface area contributed by atoms with E-state index in [1.165, 1.54) is 13.3 Å². The lowest BCUT2D eigenvalue weighted by molar-refractivity contribution is 0.276. The molecule has 0 aliphatic rings. The van der Waals surface area contributed by atoms with Crippen molar-refractivity contribution in [1.29, 1.82) is 0 Å². The van der Waals surface area contributed by atoms with Crippen LogP contribution in [0.2, 0.25) is 0 Å². The van der Waals surface area contributed by atoms with Crippen LogP contribution in [0.3, 0.4) is 0 Å². The van der Waals surface area contributed by atoms with Gasteiger partial charge in [0.05, 0.1) is 19.9 Å². The van der Waals surface area contributed by atoms with Gasteiger partial charge in [-0.2, -0.15) is 0 Å². The minimum atomic E-state index is -0.232. The number of nitrogens with zero attached hydrogens (tertiary/aromatic N) is 4. The Balaban J connectivity index is 2.04. The molecular weight excluding hydrogens is 238 g/mol. The zero-order chi connectivity index (χ0) is 13.0. The van der Waals surface area contributed by atoms with Gasteiger partial charge in [0.15, 0.2) is 0 Å². The molecule has 0 unspecified atom stereocenters.